The number of aliphatic hydroxyl groups is 1. The van der Waals surface area contributed by atoms with Crippen molar-refractivity contribution in [2.75, 3.05) is 13.1 Å². The first kappa shape index (κ1) is 17.2. The summed E-state index contributed by atoms with van der Waals surface area (Å²) in [6.45, 7) is -1.75. The summed E-state index contributed by atoms with van der Waals surface area (Å²) in [6.07, 6.45) is -4.67. The number of carbonyl (C=O) groups is 2. The molecule has 0 bridgehead atoms. The van der Waals surface area contributed by atoms with Crippen LogP contribution in [0.3, 0.4) is 0 Å². The molecule has 23 heavy (non-hydrogen) atoms. The first-order chi connectivity index (χ1) is 10.6. The third-order valence-corrected chi connectivity index (χ3v) is 3.86. The second-order valence-corrected chi connectivity index (χ2v) is 5.33. The third-order valence-electron chi connectivity index (χ3n) is 3.86. The second kappa shape index (κ2) is 6.15. The monoisotopic (exact) mass is 334 g/mol. The average Bonchev–Trinajstić information content (AvgIpc) is 2.92. The Bertz CT molecular complexity index is 633. The molecule has 1 fully saturated rings. The number of rotatable bonds is 3. The number of nitrogens with zero attached hydrogens (tertiary/aromatic N) is 1. The molecule has 1 heterocycles. The lowest BCUT2D eigenvalue weighted by atomic mass is 9.95. The van der Waals surface area contributed by atoms with Gasteiger partial charge in [-0.3, -0.25) is 9.59 Å². The maximum Gasteiger partial charge on any atom is 0.394 e. The van der Waals surface area contributed by atoms with Crippen LogP contribution in [0, 0.1) is 17.7 Å². The number of aliphatic hydroxyl groups excluding tert-OH is 1. The molecule has 0 aromatic heterocycles. The Morgan fingerprint density at radius 1 is 1.30 bits per heavy atom. The molecule has 2 amide bonds. The molecule has 1 aromatic carbocycles. The molecule has 0 saturated carbocycles. The summed E-state index contributed by atoms with van der Waals surface area (Å²) >= 11 is 0. The normalized spacial score (nSPS) is 21.5. The number of amides is 2. The van der Waals surface area contributed by atoms with Crippen LogP contribution in [-0.2, 0) is 11.4 Å². The molecule has 5 nitrogen and oxygen atoms in total. The molecule has 3 N–H and O–H groups in total. The lowest BCUT2D eigenvalue weighted by Gasteiger charge is -2.18. The Labute approximate surface area is 128 Å². The van der Waals surface area contributed by atoms with Gasteiger partial charge >= 0.3 is 6.18 Å². The van der Waals surface area contributed by atoms with Gasteiger partial charge in [-0.25, -0.2) is 4.39 Å². The number of carbonyl (C=O) groups excluding carboxylic acids is 2. The van der Waals surface area contributed by atoms with E-state index in [2.05, 4.69) is 0 Å². The fourth-order valence-electron chi connectivity index (χ4n) is 2.58. The SMILES string of the molecule is NC(=O)[C@@H]1CN(C(=O)c2ccc(CO)c(F)c2)C[C@H]1C(F)(F)F. The van der Waals surface area contributed by atoms with Gasteiger partial charge in [0.1, 0.15) is 5.82 Å². The van der Waals surface area contributed by atoms with Gasteiger partial charge in [-0.2, -0.15) is 13.2 Å². The van der Waals surface area contributed by atoms with E-state index in [1.54, 1.807) is 0 Å². The lowest BCUT2D eigenvalue weighted by Crippen LogP contribution is -2.37. The zero-order valence-corrected chi connectivity index (χ0v) is 11.8. The first-order valence-electron chi connectivity index (χ1n) is 6.69. The molecular formula is C14H14F4N2O3. The summed E-state index contributed by atoms with van der Waals surface area (Å²) in [7, 11) is 0. The van der Waals surface area contributed by atoms with Gasteiger partial charge in [0.05, 0.1) is 18.4 Å². The van der Waals surface area contributed by atoms with Crippen molar-refractivity contribution in [3.63, 3.8) is 0 Å². The van der Waals surface area contributed by atoms with Crippen molar-refractivity contribution in [3.05, 3.63) is 35.1 Å². The maximum atomic E-state index is 13.6. The number of alkyl halides is 3. The number of halogens is 4. The Balaban J connectivity index is 2.24. The van der Waals surface area contributed by atoms with Crippen molar-refractivity contribution >= 4 is 11.8 Å². The second-order valence-electron chi connectivity index (χ2n) is 5.33. The number of primary amides is 1. The van der Waals surface area contributed by atoms with Crippen LogP contribution in [0.5, 0.6) is 0 Å². The summed E-state index contributed by atoms with van der Waals surface area (Å²) in [5.41, 5.74) is 4.79. The largest absolute Gasteiger partial charge is 0.394 e. The van der Waals surface area contributed by atoms with E-state index in [0.29, 0.717) is 0 Å². The molecule has 0 unspecified atom stereocenters. The highest BCUT2D eigenvalue weighted by Crippen LogP contribution is 2.37. The van der Waals surface area contributed by atoms with Gasteiger partial charge in [0.15, 0.2) is 0 Å². The van der Waals surface area contributed by atoms with Crippen LogP contribution < -0.4 is 5.73 Å². The summed E-state index contributed by atoms with van der Waals surface area (Å²) in [4.78, 5) is 24.2. The van der Waals surface area contributed by atoms with E-state index < -0.39 is 55.3 Å². The molecule has 0 radical (unpaired) electrons. The van der Waals surface area contributed by atoms with Crippen molar-refractivity contribution in [2.24, 2.45) is 17.6 Å². The number of likely N-dealkylation sites (tertiary alicyclic amines) is 1. The van der Waals surface area contributed by atoms with Crippen molar-refractivity contribution in [1.29, 1.82) is 0 Å². The van der Waals surface area contributed by atoms with Crippen LogP contribution >= 0.6 is 0 Å². The van der Waals surface area contributed by atoms with Crippen LogP contribution in [-0.4, -0.2) is 41.1 Å². The molecule has 1 aliphatic heterocycles. The zero-order valence-electron chi connectivity index (χ0n) is 11.8. The highest BCUT2D eigenvalue weighted by atomic mass is 19.4. The third kappa shape index (κ3) is 3.44. The Morgan fingerprint density at radius 3 is 2.39 bits per heavy atom. The van der Waals surface area contributed by atoms with Gasteiger partial charge < -0.3 is 15.7 Å². The van der Waals surface area contributed by atoms with Crippen molar-refractivity contribution in [3.8, 4) is 0 Å². The Morgan fingerprint density at radius 2 is 1.96 bits per heavy atom. The molecule has 1 saturated heterocycles. The predicted octanol–water partition coefficient (Wildman–Crippen LogP) is 1.05. The fourth-order valence-corrected chi connectivity index (χ4v) is 2.58. The van der Waals surface area contributed by atoms with Gasteiger partial charge in [-0.1, -0.05) is 6.07 Å². The van der Waals surface area contributed by atoms with Gasteiger partial charge in [0.2, 0.25) is 5.91 Å². The smallest absolute Gasteiger partial charge is 0.392 e. The number of hydrogen-bond donors (Lipinski definition) is 2. The van der Waals surface area contributed by atoms with Crippen molar-refractivity contribution in [2.45, 2.75) is 12.8 Å². The molecule has 0 spiro atoms. The van der Waals surface area contributed by atoms with Crippen LogP contribution in [0.25, 0.3) is 0 Å². The Kier molecular flexibility index (Phi) is 4.60. The van der Waals surface area contributed by atoms with Gasteiger partial charge in [-0.05, 0) is 12.1 Å². The Hall–Kier alpha value is -2.16. The zero-order chi connectivity index (χ0) is 17.4. The fraction of sp³-hybridized carbons (Fsp3) is 0.429. The van der Waals surface area contributed by atoms with Crippen LogP contribution in [0.2, 0.25) is 0 Å². The van der Waals surface area contributed by atoms with Crippen molar-refractivity contribution in [1.82, 2.24) is 4.90 Å². The summed E-state index contributed by atoms with van der Waals surface area (Å²) in [6, 6.07) is 3.22. The van der Waals surface area contributed by atoms with E-state index in [-0.39, 0.29) is 11.1 Å². The van der Waals surface area contributed by atoms with Crippen molar-refractivity contribution < 1.29 is 32.3 Å². The lowest BCUT2D eigenvalue weighted by molar-refractivity contribution is -0.182. The summed E-state index contributed by atoms with van der Waals surface area (Å²) < 4.78 is 52.4. The number of hydrogen-bond acceptors (Lipinski definition) is 3. The molecule has 0 aliphatic carbocycles. The maximum absolute atomic E-state index is 13.6. The molecule has 126 valence electrons. The van der Waals surface area contributed by atoms with Gasteiger partial charge in [-0.15, -0.1) is 0 Å². The highest BCUT2D eigenvalue weighted by molar-refractivity contribution is 5.95. The molecular weight excluding hydrogens is 320 g/mol. The average molecular weight is 334 g/mol. The minimum Gasteiger partial charge on any atom is -0.392 e. The topological polar surface area (TPSA) is 83.6 Å². The van der Waals surface area contributed by atoms with Crippen LogP contribution in [0.4, 0.5) is 17.6 Å². The minimum atomic E-state index is -4.67. The molecule has 9 heteroatoms. The van der Waals surface area contributed by atoms with E-state index in [1.807, 2.05) is 0 Å². The summed E-state index contributed by atoms with van der Waals surface area (Å²) in [5.74, 6) is -6.36. The standard InChI is InChI=1S/C14H14F4N2O3/c15-11-3-7(1-2-8(11)6-21)13(23)20-4-9(12(19)22)10(5-20)14(16,17)18/h1-3,9-10,21H,4-6H2,(H2,19,22)/t9-,10-/m1/s1. The van der Waals surface area contributed by atoms with E-state index in [0.717, 1.165) is 11.0 Å². The van der Waals surface area contributed by atoms with E-state index in [9.17, 15) is 27.2 Å². The van der Waals surface area contributed by atoms with Gasteiger partial charge in [0, 0.05) is 24.2 Å². The predicted molar refractivity (Wildman–Crippen MR) is 70.5 cm³/mol. The molecule has 1 aliphatic rings. The minimum absolute atomic E-state index is 0.0360. The number of nitrogens with two attached hydrogens (primary N) is 1. The van der Waals surface area contributed by atoms with E-state index >= 15 is 0 Å². The van der Waals surface area contributed by atoms with Gasteiger partial charge in [0.25, 0.3) is 5.91 Å². The van der Waals surface area contributed by atoms with E-state index in [1.165, 1.54) is 12.1 Å². The molecule has 1 aromatic rings. The van der Waals surface area contributed by atoms with Crippen LogP contribution in [0.15, 0.2) is 18.2 Å². The van der Waals surface area contributed by atoms with Crippen LogP contribution in [0.1, 0.15) is 15.9 Å². The number of benzene rings is 1. The molecule has 2 rings (SSSR count). The quantitative estimate of drug-likeness (QED) is 0.811. The molecule has 2 atom stereocenters. The first-order valence-corrected chi connectivity index (χ1v) is 6.69. The van der Waals surface area contributed by atoms with E-state index in [4.69, 9.17) is 10.8 Å². The highest BCUT2D eigenvalue weighted by Gasteiger charge is 2.52. The summed E-state index contributed by atoms with van der Waals surface area (Å²) in [5, 5.41) is 8.87.